The number of nitrogens with zero attached hydrogens (tertiary/aromatic N) is 1. The van der Waals surface area contributed by atoms with Gasteiger partial charge in [0.05, 0.1) is 18.7 Å². The van der Waals surface area contributed by atoms with Crippen LogP contribution in [0.4, 0.5) is 10.8 Å². The Bertz CT molecular complexity index is 2260. The van der Waals surface area contributed by atoms with E-state index in [0.29, 0.717) is 40.0 Å². The van der Waals surface area contributed by atoms with Gasteiger partial charge in [0.15, 0.2) is 5.13 Å². The summed E-state index contributed by atoms with van der Waals surface area (Å²) in [4.78, 5) is 57.6. The van der Waals surface area contributed by atoms with E-state index in [1.165, 1.54) is 23.1 Å². The summed E-state index contributed by atoms with van der Waals surface area (Å²) in [5.41, 5.74) is 3.97. The molecule has 0 bridgehead atoms. The zero-order valence-electron chi connectivity index (χ0n) is 30.3. The van der Waals surface area contributed by atoms with Gasteiger partial charge in [-0.3, -0.25) is 19.2 Å². The van der Waals surface area contributed by atoms with Crippen LogP contribution in [0, 0.1) is 0 Å². The molecule has 0 aliphatic heterocycles. The van der Waals surface area contributed by atoms with Crippen LogP contribution in [0.5, 0.6) is 5.75 Å². The number of hydrogen-bond acceptors (Lipinski definition) is 9. The van der Waals surface area contributed by atoms with Crippen LogP contribution in [0.15, 0.2) is 155 Å². The highest BCUT2D eigenvalue weighted by atomic mass is 32.2. The third-order valence-corrected chi connectivity index (χ3v) is 10.2. The summed E-state index contributed by atoms with van der Waals surface area (Å²) in [5, 5.41) is 10.0. The van der Waals surface area contributed by atoms with Gasteiger partial charge in [-0.25, -0.2) is 4.98 Å². The molecule has 0 saturated heterocycles. The van der Waals surface area contributed by atoms with Crippen LogP contribution in [0.1, 0.15) is 44.9 Å². The van der Waals surface area contributed by atoms with Crippen molar-refractivity contribution in [1.29, 1.82) is 0 Å². The van der Waals surface area contributed by atoms with Crippen LogP contribution < -0.4 is 20.7 Å². The number of esters is 1. The van der Waals surface area contributed by atoms with Crippen LogP contribution in [-0.4, -0.2) is 35.3 Å². The van der Waals surface area contributed by atoms with Gasteiger partial charge in [0.2, 0.25) is 5.91 Å². The van der Waals surface area contributed by atoms with Crippen molar-refractivity contribution in [3.8, 4) is 5.75 Å². The van der Waals surface area contributed by atoms with Crippen molar-refractivity contribution in [3.05, 3.63) is 179 Å². The summed E-state index contributed by atoms with van der Waals surface area (Å²) in [5.74, 6) is -0.951. The molecular formula is C44H38N4O6S2. The first-order chi connectivity index (χ1) is 27.3. The average molecular weight is 783 g/mol. The van der Waals surface area contributed by atoms with Gasteiger partial charge >= 0.3 is 5.97 Å². The smallest absolute Gasteiger partial charge is 0.311 e. The fraction of sp³-hybridized carbons (Fsp3) is 0.114. The standard InChI is InChI=1S/C44H38N4O6S2/c1-2-53-39(49)27-35-29-55-44(46-35)48-43(52)40(32-14-8-4-9-15-32)56-37-24-20-34(21-25-37)45-42(51)38(47-41(50)33-16-10-5-11-17-33)26-30-18-22-36(23-19-30)54-28-31-12-6-3-7-13-31/h3-26,29,40H,2,27-28H2,1H3,(H,45,51)(H,47,50)(H,46,48,52)/b38-26-. The summed E-state index contributed by atoms with van der Waals surface area (Å²) in [7, 11) is 0. The monoisotopic (exact) mass is 782 g/mol. The molecule has 56 heavy (non-hydrogen) atoms. The molecule has 6 aromatic rings. The highest BCUT2D eigenvalue weighted by Gasteiger charge is 2.24. The largest absolute Gasteiger partial charge is 0.489 e. The maximum absolute atomic E-state index is 13.7. The minimum Gasteiger partial charge on any atom is -0.489 e. The molecule has 1 atom stereocenters. The number of aromatic nitrogens is 1. The van der Waals surface area contributed by atoms with Crippen molar-refractivity contribution in [2.75, 3.05) is 17.2 Å². The van der Waals surface area contributed by atoms with E-state index >= 15 is 0 Å². The van der Waals surface area contributed by atoms with Gasteiger partial charge in [0.1, 0.15) is 23.3 Å². The highest BCUT2D eigenvalue weighted by Crippen LogP contribution is 2.37. The lowest BCUT2D eigenvalue weighted by molar-refractivity contribution is -0.142. The molecule has 1 aromatic heterocycles. The Morgan fingerprint density at radius 2 is 1.45 bits per heavy atom. The molecule has 5 aromatic carbocycles. The number of benzene rings is 5. The quantitative estimate of drug-likeness (QED) is 0.0504. The Morgan fingerprint density at radius 1 is 0.786 bits per heavy atom. The topological polar surface area (TPSA) is 136 Å². The maximum Gasteiger partial charge on any atom is 0.311 e. The van der Waals surface area contributed by atoms with Crippen LogP contribution in [-0.2, 0) is 32.1 Å². The molecule has 0 fully saturated rings. The number of carbonyl (C=O) groups is 4. The van der Waals surface area contributed by atoms with Crippen molar-refractivity contribution >= 4 is 63.7 Å². The van der Waals surface area contributed by atoms with Crippen molar-refractivity contribution in [2.24, 2.45) is 0 Å². The van der Waals surface area contributed by atoms with Gasteiger partial charge < -0.3 is 25.4 Å². The molecule has 0 spiro atoms. The number of amides is 3. The number of anilines is 2. The summed E-state index contributed by atoms with van der Waals surface area (Å²) in [6.45, 7) is 2.44. The van der Waals surface area contributed by atoms with Gasteiger partial charge in [0.25, 0.3) is 11.8 Å². The van der Waals surface area contributed by atoms with E-state index in [1.54, 1.807) is 54.8 Å². The third kappa shape index (κ3) is 11.5. The molecule has 0 aliphatic carbocycles. The molecule has 3 N–H and O–H groups in total. The summed E-state index contributed by atoms with van der Waals surface area (Å²) in [6.07, 6.45) is 1.63. The van der Waals surface area contributed by atoms with Crippen molar-refractivity contribution < 1.29 is 28.7 Å². The van der Waals surface area contributed by atoms with Crippen LogP contribution in [0.2, 0.25) is 0 Å². The minimum atomic E-state index is -0.632. The van der Waals surface area contributed by atoms with E-state index in [0.717, 1.165) is 16.0 Å². The summed E-state index contributed by atoms with van der Waals surface area (Å²) < 4.78 is 10.9. The number of thiazole rings is 1. The maximum atomic E-state index is 13.7. The molecule has 6 rings (SSSR count). The molecule has 282 valence electrons. The Labute approximate surface area is 333 Å². The minimum absolute atomic E-state index is 0.0226. The fourth-order valence-electron chi connectivity index (χ4n) is 5.34. The molecule has 0 saturated carbocycles. The number of nitrogens with one attached hydrogen (secondary N) is 3. The van der Waals surface area contributed by atoms with Crippen molar-refractivity contribution in [2.45, 2.75) is 30.1 Å². The fourth-order valence-corrected chi connectivity index (χ4v) is 7.08. The van der Waals surface area contributed by atoms with E-state index in [1.807, 2.05) is 103 Å². The second-order valence-electron chi connectivity index (χ2n) is 12.2. The normalized spacial score (nSPS) is 11.6. The molecule has 0 aliphatic rings. The van der Waals surface area contributed by atoms with Gasteiger partial charge in [-0.2, -0.15) is 0 Å². The molecule has 0 radical (unpaired) electrons. The van der Waals surface area contributed by atoms with E-state index in [2.05, 4.69) is 20.9 Å². The zero-order valence-corrected chi connectivity index (χ0v) is 32.0. The van der Waals surface area contributed by atoms with Gasteiger partial charge in [0, 0.05) is 21.5 Å². The predicted molar refractivity (Wildman–Crippen MR) is 220 cm³/mol. The van der Waals surface area contributed by atoms with Gasteiger partial charge in [-0.1, -0.05) is 91.0 Å². The highest BCUT2D eigenvalue weighted by molar-refractivity contribution is 8.00. The molecule has 3 amide bonds. The summed E-state index contributed by atoms with van der Waals surface area (Å²) in [6, 6.07) is 42.2. The Hall–Kier alpha value is -6.50. The number of thioether (sulfide) groups is 1. The van der Waals surface area contributed by atoms with Crippen LogP contribution in [0.25, 0.3) is 6.08 Å². The lowest BCUT2D eigenvalue weighted by atomic mass is 10.1. The predicted octanol–water partition coefficient (Wildman–Crippen LogP) is 8.71. The summed E-state index contributed by atoms with van der Waals surface area (Å²) >= 11 is 2.57. The van der Waals surface area contributed by atoms with Gasteiger partial charge in [-0.15, -0.1) is 23.1 Å². The second kappa shape index (κ2) is 19.7. The first-order valence-corrected chi connectivity index (χ1v) is 19.5. The van der Waals surface area contributed by atoms with Crippen molar-refractivity contribution in [3.63, 3.8) is 0 Å². The number of carbonyl (C=O) groups excluding carboxylic acids is 4. The van der Waals surface area contributed by atoms with Crippen LogP contribution in [0.3, 0.4) is 0 Å². The van der Waals surface area contributed by atoms with Crippen LogP contribution >= 0.6 is 23.1 Å². The van der Waals surface area contributed by atoms with E-state index in [4.69, 9.17) is 9.47 Å². The SMILES string of the molecule is CCOC(=O)Cc1csc(NC(=O)C(Sc2ccc(NC(=O)/C(=C/c3ccc(OCc4ccccc4)cc3)NC(=O)c3ccccc3)cc2)c2ccccc2)n1. The molecule has 1 unspecified atom stereocenters. The van der Waals surface area contributed by atoms with E-state index < -0.39 is 17.1 Å². The second-order valence-corrected chi connectivity index (χ2v) is 14.3. The molecular weight excluding hydrogens is 745 g/mol. The first kappa shape index (κ1) is 39.2. The third-order valence-electron chi connectivity index (χ3n) is 8.09. The number of ether oxygens (including phenoxy) is 2. The zero-order chi connectivity index (χ0) is 39.1. The van der Waals surface area contributed by atoms with Gasteiger partial charge in [-0.05, 0) is 78.2 Å². The number of rotatable bonds is 16. The lowest BCUT2D eigenvalue weighted by Gasteiger charge is -2.17. The average Bonchev–Trinajstić information content (AvgIpc) is 3.66. The lowest BCUT2D eigenvalue weighted by Crippen LogP contribution is -2.30. The Balaban J connectivity index is 1.14. The van der Waals surface area contributed by atoms with Crippen molar-refractivity contribution in [1.82, 2.24) is 10.3 Å². The molecule has 10 nitrogen and oxygen atoms in total. The van der Waals surface area contributed by atoms with E-state index in [9.17, 15) is 19.2 Å². The van der Waals surface area contributed by atoms with E-state index in [-0.39, 0.29) is 30.6 Å². The Kier molecular flexibility index (Phi) is 13.8. The molecule has 1 heterocycles. The number of hydrogen-bond donors (Lipinski definition) is 3. The first-order valence-electron chi connectivity index (χ1n) is 17.7. The Morgan fingerprint density at radius 3 is 2.12 bits per heavy atom. The molecule has 12 heteroatoms.